The molecule has 0 aliphatic carbocycles. The number of hydrogen-bond donors (Lipinski definition) is 3. The first kappa shape index (κ1) is 13.8. The maximum atomic E-state index is 11.9. The lowest BCUT2D eigenvalue weighted by atomic mass is 10.0. The Bertz CT molecular complexity index is 545. The number of rotatable bonds is 4. The second-order valence-corrected chi connectivity index (χ2v) is 5.67. The van der Waals surface area contributed by atoms with Gasteiger partial charge in [-0.25, -0.2) is 9.78 Å². The van der Waals surface area contributed by atoms with Crippen LogP contribution in [0.3, 0.4) is 0 Å². The molecule has 2 amide bonds. The molecule has 0 saturated carbocycles. The molecule has 6 heteroatoms. The van der Waals surface area contributed by atoms with E-state index in [-0.39, 0.29) is 12.6 Å². The molecule has 1 heterocycles. The van der Waals surface area contributed by atoms with E-state index in [1.54, 1.807) is 6.92 Å². The Morgan fingerprint density at radius 3 is 2.84 bits per heavy atom. The largest absolute Gasteiger partial charge is 0.394 e. The second-order valence-electron chi connectivity index (χ2n) is 4.64. The lowest BCUT2D eigenvalue weighted by molar-refractivity contribution is 0.172. The summed E-state index contributed by atoms with van der Waals surface area (Å²) in [5.41, 5.74) is 0.254. The van der Waals surface area contributed by atoms with Crippen molar-refractivity contribution in [3.8, 4) is 0 Å². The van der Waals surface area contributed by atoms with E-state index in [0.29, 0.717) is 11.6 Å². The summed E-state index contributed by atoms with van der Waals surface area (Å²) < 4.78 is 1.03. The smallest absolute Gasteiger partial charge is 0.321 e. The zero-order valence-electron chi connectivity index (χ0n) is 10.9. The minimum absolute atomic E-state index is 0.100. The number of aliphatic hydroxyl groups excluding tert-OH is 1. The number of nitrogens with one attached hydrogen (secondary N) is 2. The number of aliphatic hydroxyl groups is 1. The lowest BCUT2D eigenvalue weighted by Gasteiger charge is -2.26. The summed E-state index contributed by atoms with van der Waals surface area (Å²) in [6, 6.07) is 7.35. The summed E-state index contributed by atoms with van der Waals surface area (Å²) in [5.74, 6) is 0. The summed E-state index contributed by atoms with van der Waals surface area (Å²) in [4.78, 5) is 16.2. The molecule has 3 N–H and O–H groups in total. The fraction of sp³-hybridized carbons (Fsp3) is 0.385. The maximum Gasteiger partial charge on any atom is 0.321 e. The Morgan fingerprint density at radius 2 is 2.21 bits per heavy atom. The molecular weight excluding hydrogens is 262 g/mol. The van der Waals surface area contributed by atoms with Crippen LogP contribution in [0.4, 0.5) is 9.93 Å². The number of fused-ring (bicyclic) bond motifs is 1. The predicted molar refractivity (Wildman–Crippen MR) is 77.6 cm³/mol. The van der Waals surface area contributed by atoms with Gasteiger partial charge in [0.05, 0.1) is 22.4 Å². The maximum absolute atomic E-state index is 11.9. The number of carbonyl (C=O) groups excluding carboxylic acids is 1. The minimum Gasteiger partial charge on any atom is -0.394 e. The first-order valence-corrected chi connectivity index (χ1v) is 6.93. The number of aromatic nitrogens is 1. The number of hydrogen-bond acceptors (Lipinski definition) is 4. The van der Waals surface area contributed by atoms with Crippen molar-refractivity contribution in [1.29, 1.82) is 0 Å². The number of nitrogens with zero attached hydrogens (tertiary/aromatic N) is 1. The molecule has 1 aromatic heterocycles. The third kappa shape index (κ3) is 3.21. The zero-order chi connectivity index (χ0) is 13.9. The molecule has 1 atom stereocenters. The fourth-order valence-corrected chi connectivity index (χ4v) is 2.43. The van der Waals surface area contributed by atoms with Gasteiger partial charge < -0.3 is 10.4 Å². The highest BCUT2D eigenvalue weighted by Crippen LogP contribution is 2.25. The van der Waals surface area contributed by atoms with E-state index in [2.05, 4.69) is 15.6 Å². The van der Waals surface area contributed by atoms with Crippen LogP contribution in [-0.4, -0.2) is 28.3 Å². The van der Waals surface area contributed by atoms with Gasteiger partial charge in [0, 0.05) is 0 Å². The van der Waals surface area contributed by atoms with Crippen LogP contribution in [0.25, 0.3) is 10.2 Å². The van der Waals surface area contributed by atoms with Crippen LogP contribution in [-0.2, 0) is 0 Å². The summed E-state index contributed by atoms with van der Waals surface area (Å²) in [5, 5.41) is 15.3. The van der Waals surface area contributed by atoms with Gasteiger partial charge in [-0.1, -0.05) is 30.4 Å². The molecule has 102 valence electrons. The molecule has 0 spiro atoms. The molecule has 2 aromatic rings. The Kier molecular flexibility index (Phi) is 4.01. The van der Waals surface area contributed by atoms with Crippen molar-refractivity contribution in [1.82, 2.24) is 10.3 Å². The molecule has 0 fully saturated rings. The lowest BCUT2D eigenvalue weighted by Crippen LogP contribution is -2.50. The van der Waals surface area contributed by atoms with E-state index in [1.807, 2.05) is 31.2 Å². The van der Waals surface area contributed by atoms with Gasteiger partial charge in [-0.3, -0.25) is 5.32 Å². The van der Waals surface area contributed by atoms with Gasteiger partial charge >= 0.3 is 6.03 Å². The van der Waals surface area contributed by atoms with Gasteiger partial charge in [-0.2, -0.15) is 0 Å². The molecule has 1 aromatic carbocycles. The molecule has 0 aliphatic rings. The first-order valence-electron chi connectivity index (χ1n) is 6.12. The van der Waals surface area contributed by atoms with Gasteiger partial charge in [-0.15, -0.1) is 0 Å². The second kappa shape index (κ2) is 5.54. The zero-order valence-corrected chi connectivity index (χ0v) is 11.8. The van der Waals surface area contributed by atoms with Gasteiger partial charge in [0.15, 0.2) is 5.13 Å². The van der Waals surface area contributed by atoms with Crippen LogP contribution < -0.4 is 10.6 Å². The van der Waals surface area contributed by atoms with Crippen LogP contribution in [0.2, 0.25) is 0 Å². The number of amides is 2. The van der Waals surface area contributed by atoms with Crippen molar-refractivity contribution in [3.05, 3.63) is 24.3 Å². The topological polar surface area (TPSA) is 74.2 Å². The van der Waals surface area contributed by atoms with Crippen LogP contribution in [0, 0.1) is 0 Å². The molecule has 0 bridgehead atoms. The van der Waals surface area contributed by atoms with E-state index >= 15 is 0 Å². The van der Waals surface area contributed by atoms with Gasteiger partial charge in [0.2, 0.25) is 0 Å². The van der Waals surface area contributed by atoms with Gasteiger partial charge in [0.25, 0.3) is 0 Å². The molecule has 5 nitrogen and oxygen atoms in total. The molecule has 1 unspecified atom stereocenters. The third-order valence-electron chi connectivity index (χ3n) is 3.06. The quantitative estimate of drug-likeness (QED) is 0.805. The fourth-order valence-electron chi connectivity index (χ4n) is 1.57. The van der Waals surface area contributed by atoms with E-state index < -0.39 is 5.54 Å². The van der Waals surface area contributed by atoms with Crippen LogP contribution in [0.5, 0.6) is 0 Å². The number of anilines is 1. The molecule has 0 saturated heterocycles. The Hall–Kier alpha value is -1.66. The molecular formula is C13H17N3O2S. The summed E-state index contributed by atoms with van der Waals surface area (Å²) in [6.07, 6.45) is 0.650. The van der Waals surface area contributed by atoms with Crippen LogP contribution in [0.15, 0.2) is 24.3 Å². The van der Waals surface area contributed by atoms with Crippen molar-refractivity contribution in [3.63, 3.8) is 0 Å². The average molecular weight is 279 g/mol. The minimum atomic E-state index is -0.610. The van der Waals surface area contributed by atoms with Crippen molar-refractivity contribution in [2.24, 2.45) is 0 Å². The van der Waals surface area contributed by atoms with E-state index in [4.69, 9.17) is 0 Å². The molecule has 0 aliphatic heterocycles. The van der Waals surface area contributed by atoms with Crippen molar-refractivity contribution >= 4 is 32.7 Å². The Labute approximate surface area is 115 Å². The highest BCUT2D eigenvalue weighted by molar-refractivity contribution is 7.22. The van der Waals surface area contributed by atoms with E-state index in [0.717, 1.165) is 10.2 Å². The highest BCUT2D eigenvalue weighted by atomic mass is 32.1. The first-order chi connectivity index (χ1) is 9.06. The monoisotopic (exact) mass is 279 g/mol. The Morgan fingerprint density at radius 1 is 1.47 bits per heavy atom. The van der Waals surface area contributed by atoms with E-state index in [9.17, 15) is 9.90 Å². The number of benzene rings is 1. The van der Waals surface area contributed by atoms with Crippen molar-refractivity contribution in [2.45, 2.75) is 25.8 Å². The standard InChI is InChI=1S/C13H17N3O2S/c1-3-13(2,8-17)16-11(18)15-12-14-9-6-4-5-7-10(9)19-12/h4-7,17H,3,8H2,1-2H3,(H2,14,15,16,18). The number of carbonyl (C=O) groups is 1. The number of thiazole rings is 1. The van der Waals surface area contributed by atoms with Crippen LogP contribution in [0.1, 0.15) is 20.3 Å². The number of urea groups is 1. The normalized spacial score (nSPS) is 14.1. The molecule has 19 heavy (non-hydrogen) atoms. The Balaban J connectivity index is 2.06. The SMILES string of the molecule is CCC(C)(CO)NC(=O)Nc1nc2ccccc2s1. The molecule has 0 radical (unpaired) electrons. The van der Waals surface area contributed by atoms with Gasteiger partial charge in [-0.05, 0) is 25.5 Å². The van der Waals surface area contributed by atoms with Crippen LogP contribution >= 0.6 is 11.3 Å². The van der Waals surface area contributed by atoms with Crippen molar-refractivity contribution < 1.29 is 9.90 Å². The number of para-hydroxylation sites is 1. The third-order valence-corrected chi connectivity index (χ3v) is 4.01. The molecule has 2 rings (SSSR count). The summed E-state index contributed by atoms with van der Waals surface area (Å²) in [7, 11) is 0. The van der Waals surface area contributed by atoms with Gasteiger partial charge in [0.1, 0.15) is 0 Å². The van der Waals surface area contributed by atoms with Crippen molar-refractivity contribution in [2.75, 3.05) is 11.9 Å². The average Bonchev–Trinajstić information content (AvgIpc) is 2.80. The summed E-state index contributed by atoms with van der Waals surface area (Å²) in [6.45, 7) is 3.61. The van der Waals surface area contributed by atoms with E-state index in [1.165, 1.54) is 11.3 Å². The highest BCUT2D eigenvalue weighted by Gasteiger charge is 2.23. The predicted octanol–water partition coefficient (Wildman–Crippen LogP) is 2.58. The summed E-state index contributed by atoms with van der Waals surface area (Å²) >= 11 is 1.42.